The Bertz CT molecular complexity index is 1950. The zero-order valence-corrected chi connectivity index (χ0v) is 30.3. The van der Waals surface area contributed by atoms with Gasteiger partial charge in [0.25, 0.3) is 5.56 Å². The van der Waals surface area contributed by atoms with Gasteiger partial charge >= 0.3 is 17.8 Å². The van der Waals surface area contributed by atoms with Gasteiger partial charge in [-0.3, -0.25) is 18.7 Å². The number of urea groups is 1. The molecule has 5 rings (SSSR count). The van der Waals surface area contributed by atoms with E-state index in [-0.39, 0.29) is 34.1 Å². The molecule has 3 atom stereocenters. The van der Waals surface area contributed by atoms with E-state index in [0.717, 1.165) is 26.5 Å². The first-order chi connectivity index (χ1) is 24.0. The van der Waals surface area contributed by atoms with Crippen LogP contribution < -0.4 is 26.6 Å². The molecule has 2 aromatic carbocycles. The number of benzene rings is 2. The quantitative estimate of drug-likeness (QED) is 0.282. The number of fused-ring (bicyclic) bond motifs is 1. The number of nitrogens with one attached hydrogen (secondary N) is 2. The molecule has 2 unspecified atom stereocenters. The van der Waals surface area contributed by atoms with E-state index in [1.807, 2.05) is 17.0 Å². The van der Waals surface area contributed by atoms with Gasteiger partial charge in [-0.1, -0.05) is 51.4 Å². The molecule has 3 heterocycles. The number of hydrogen-bond acceptors (Lipinski definition) is 6. The summed E-state index contributed by atoms with van der Waals surface area (Å²) in [6.07, 6.45) is 0.880. The maximum Gasteiger partial charge on any atom is 0.404 e. The molecule has 3 N–H and O–H groups in total. The van der Waals surface area contributed by atoms with Gasteiger partial charge in [0.1, 0.15) is 18.1 Å². The number of rotatable bonds is 8. The second-order valence-electron chi connectivity index (χ2n) is 14.3. The molecule has 3 aromatic rings. The smallest absolute Gasteiger partial charge is 0.404 e. The summed E-state index contributed by atoms with van der Waals surface area (Å²) >= 11 is 6.29. The van der Waals surface area contributed by atoms with Crippen molar-refractivity contribution in [2.45, 2.75) is 78.0 Å². The number of halogens is 2. The van der Waals surface area contributed by atoms with E-state index in [1.165, 1.54) is 25.3 Å². The Morgan fingerprint density at radius 2 is 1.80 bits per heavy atom. The largest absolute Gasteiger partial charge is 0.497 e. The predicted molar refractivity (Wildman–Crippen MR) is 191 cm³/mol. The molecule has 1 saturated heterocycles. The first-order valence-corrected chi connectivity index (χ1v) is 17.2. The Kier molecular flexibility index (Phi) is 10.8. The monoisotopic (exact) mass is 726 g/mol. The summed E-state index contributed by atoms with van der Waals surface area (Å²) in [6, 6.07) is 7.24. The van der Waals surface area contributed by atoms with Crippen molar-refractivity contribution in [1.29, 1.82) is 0 Å². The molecule has 1 fully saturated rings. The minimum absolute atomic E-state index is 0.0219. The summed E-state index contributed by atoms with van der Waals surface area (Å²) in [5.41, 5.74) is -0.773. The zero-order chi connectivity index (χ0) is 37.4. The Balaban J connectivity index is 1.41. The third-order valence-corrected chi connectivity index (χ3v) is 10.2. The molecule has 13 nitrogen and oxygen atoms in total. The highest BCUT2D eigenvalue weighted by Gasteiger charge is 2.36. The van der Waals surface area contributed by atoms with Gasteiger partial charge in [0.05, 0.1) is 29.8 Å². The van der Waals surface area contributed by atoms with Gasteiger partial charge < -0.3 is 30.3 Å². The topological polar surface area (TPSA) is 155 Å². The lowest BCUT2D eigenvalue weighted by atomic mass is 9.82. The molecule has 0 spiro atoms. The van der Waals surface area contributed by atoms with Gasteiger partial charge in [-0.15, -0.1) is 0 Å². The predicted octanol–water partition coefficient (Wildman–Crippen LogP) is 5.36. The summed E-state index contributed by atoms with van der Waals surface area (Å²) in [5, 5.41) is 14.7. The number of carboxylic acid groups (broad SMARTS) is 1. The number of carbonyl (C=O) groups excluding carboxylic acids is 2. The van der Waals surface area contributed by atoms with Crippen LogP contribution in [0.2, 0.25) is 5.02 Å². The lowest BCUT2D eigenvalue weighted by molar-refractivity contribution is -0.133. The molecule has 2 aliphatic rings. The van der Waals surface area contributed by atoms with E-state index < -0.39 is 53.1 Å². The number of piperidine rings is 1. The molecular weight excluding hydrogens is 683 g/mol. The van der Waals surface area contributed by atoms with Crippen LogP contribution in [0.5, 0.6) is 5.75 Å². The Labute approximate surface area is 299 Å². The minimum atomic E-state index is -1.34. The minimum Gasteiger partial charge on any atom is -0.497 e. The van der Waals surface area contributed by atoms with Crippen molar-refractivity contribution < 1.29 is 28.6 Å². The number of hydrogen-bond donors (Lipinski definition) is 3. The number of anilines is 1. The SMILES string of the molecule is COc1ccc2c(c1)C(C)CN(C1CCN(C(=O)Cn3cc(-c4cccc(F)c4Cl)c(=O)n(C(C)[C@@H](NC(=O)O)C(C)(C)C)c3=O)CC1)C(=O)N2. The van der Waals surface area contributed by atoms with E-state index >= 15 is 0 Å². The van der Waals surface area contributed by atoms with Gasteiger partial charge in [-0.25, -0.2) is 18.8 Å². The van der Waals surface area contributed by atoms with Crippen LogP contribution in [0.25, 0.3) is 11.1 Å². The lowest BCUT2D eigenvalue weighted by Crippen LogP contribution is -2.54. The summed E-state index contributed by atoms with van der Waals surface area (Å²) in [6.45, 7) is 9.57. The van der Waals surface area contributed by atoms with Crippen LogP contribution in [-0.4, -0.2) is 80.9 Å². The summed E-state index contributed by atoms with van der Waals surface area (Å²) in [7, 11) is 1.60. The number of amides is 4. The van der Waals surface area contributed by atoms with Crippen molar-refractivity contribution in [2.75, 3.05) is 32.1 Å². The molecule has 0 radical (unpaired) electrons. The Hall–Kier alpha value is -4.85. The summed E-state index contributed by atoms with van der Waals surface area (Å²) in [5.74, 6) is -0.436. The molecule has 0 aliphatic carbocycles. The maximum absolute atomic E-state index is 14.6. The van der Waals surface area contributed by atoms with Crippen LogP contribution in [0.3, 0.4) is 0 Å². The first-order valence-electron chi connectivity index (χ1n) is 16.8. The first kappa shape index (κ1) is 37.4. The highest BCUT2D eigenvalue weighted by atomic mass is 35.5. The Morgan fingerprint density at radius 1 is 1.12 bits per heavy atom. The third kappa shape index (κ3) is 7.75. The normalized spacial score (nSPS) is 18.0. The van der Waals surface area contributed by atoms with Gasteiger partial charge in [0.15, 0.2) is 0 Å². The molecule has 4 amide bonds. The van der Waals surface area contributed by atoms with Crippen molar-refractivity contribution in [3.63, 3.8) is 0 Å². The van der Waals surface area contributed by atoms with E-state index in [2.05, 4.69) is 17.6 Å². The number of aromatic nitrogens is 2. The zero-order valence-electron chi connectivity index (χ0n) is 29.5. The second-order valence-corrected chi connectivity index (χ2v) is 14.7. The fourth-order valence-electron chi connectivity index (χ4n) is 7.17. The number of methoxy groups -OCH3 is 1. The maximum atomic E-state index is 14.6. The average molecular weight is 727 g/mol. The van der Waals surface area contributed by atoms with E-state index in [1.54, 1.807) is 38.8 Å². The molecule has 0 saturated carbocycles. The van der Waals surface area contributed by atoms with Crippen LogP contribution in [0, 0.1) is 11.2 Å². The van der Waals surface area contributed by atoms with Gasteiger partial charge in [0.2, 0.25) is 5.91 Å². The number of nitrogens with zero attached hydrogens (tertiary/aromatic N) is 4. The lowest BCUT2D eigenvalue weighted by Gasteiger charge is -2.38. The number of likely N-dealkylation sites (tertiary alicyclic amines) is 1. The van der Waals surface area contributed by atoms with Crippen molar-refractivity contribution in [3.8, 4) is 16.9 Å². The van der Waals surface area contributed by atoms with Crippen LogP contribution >= 0.6 is 11.6 Å². The van der Waals surface area contributed by atoms with Gasteiger partial charge in [-0.05, 0) is 55.0 Å². The highest BCUT2D eigenvalue weighted by molar-refractivity contribution is 6.33. The third-order valence-electron chi connectivity index (χ3n) is 9.86. The van der Waals surface area contributed by atoms with E-state index in [4.69, 9.17) is 16.3 Å². The van der Waals surface area contributed by atoms with Crippen molar-refractivity contribution in [2.24, 2.45) is 5.41 Å². The van der Waals surface area contributed by atoms with Crippen LogP contribution in [0.1, 0.15) is 65.0 Å². The molecule has 1 aromatic heterocycles. The molecule has 15 heteroatoms. The van der Waals surface area contributed by atoms with Crippen molar-refractivity contribution in [1.82, 2.24) is 24.3 Å². The molecular formula is C36H44ClFN6O7. The van der Waals surface area contributed by atoms with Crippen molar-refractivity contribution >= 4 is 35.3 Å². The molecule has 51 heavy (non-hydrogen) atoms. The van der Waals surface area contributed by atoms with Crippen LogP contribution in [0.15, 0.2) is 52.2 Å². The summed E-state index contributed by atoms with van der Waals surface area (Å²) < 4.78 is 21.9. The van der Waals surface area contributed by atoms with E-state index in [0.29, 0.717) is 38.2 Å². The second kappa shape index (κ2) is 14.8. The van der Waals surface area contributed by atoms with Crippen LogP contribution in [-0.2, 0) is 11.3 Å². The molecule has 2 aliphatic heterocycles. The summed E-state index contributed by atoms with van der Waals surface area (Å²) in [4.78, 5) is 70.2. The van der Waals surface area contributed by atoms with Gasteiger partial charge in [0, 0.05) is 49.0 Å². The Morgan fingerprint density at radius 3 is 2.43 bits per heavy atom. The highest BCUT2D eigenvalue weighted by Crippen LogP contribution is 2.34. The number of ether oxygens (including phenoxy) is 1. The van der Waals surface area contributed by atoms with Crippen molar-refractivity contribution in [3.05, 3.63) is 79.8 Å². The van der Waals surface area contributed by atoms with Crippen LogP contribution in [0.4, 0.5) is 19.7 Å². The standard InChI is InChI=1S/C36H44ClFN6O7/c1-20-17-43(33(47)39-28-11-10-23(51-6)16-25(20)28)22-12-14-41(15-13-22)29(45)19-42-18-26(24-8-7-9-27(38)30(24)37)32(46)44(35(42)50)21(2)31(36(3,4)5)40-34(48)49/h7-11,16,18,20-22,31,40H,12-15,17,19H2,1-6H3,(H,39,47)(H,48,49)/t20?,21?,31-/m1/s1. The fourth-order valence-corrected chi connectivity index (χ4v) is 7.40. The molecule has 0 bridgehead atoms. The van der Waals surface area contributed by atoms with Gasteiger partial charge in [-0.2, -0.15) is 0 Å². The number of carbonyl (C=O) groups is 3. The molecule has 274 valence electrons. The fraction of sp³-hybridized carbons (Fsp3) is 0.472. The van der Waals surface area contributed by atoms with E-state index in [9.17, 15) is 33.5 Å². The average Bonchev–Trinajstić information content (AvgIpc) is 3.20.